The zero-order valence-corrected chi connectivity index (χ0v) is 7.68. The van der Waals surface area contributed by atoms with E-state index < -0.39 is 0 Å². The van der Waals surface area contributed by atoms with E-state index >= 15 is 0 Å². The van der Waals surface area contributed by atoms with Crippen LogP contribution in [-0.2, 0) is 4.79 Å². The number of carbonyl (C=O) groups excluding carboxylic acids is 1. The molecule has 14 heavy (non-hydrogen) atoms. The highest BCUT2D eigenvalue weighted by Gasteiger charge is 2.41. The number of hydrogen-bond acceptors (Lipinski definition) is 2. The van der Waals surface area contributed by atoms with Crippen molar-refractivity contribution in [3.8, 4) is 0 Å². The monoisotopic (exact) mass is 186 g/mol. The fourth-order valence-corrected chi connectivity index (χ4v) is 2.09. The number of rotatable bonds is 1. The summed E-state index contributed by atoms with van der Waals surface area (Å²) < 4.78 is 0. The second kappa shape index (κ2) is 2.67. The average Bonchev–Trinajstić information content (AvgIpc) is 2.56. The van der Waals surface area contributed by atoms with Crippen LogP contribution in [-0.4, -0.2) is 21.8 Å². The van der Waals surface area contributed by atoms with Gasteiger partial charge in [-0.1, -0.05) is 12.1 Å². The fraction of sp³-hybridized carbons (Fsp3) is 0.273. The van der Waals surface area contributed by atoms with Gasteiger partial charge in [0.25, 0.3) is 0 Å². The van der Waals surface area contributed by atoms with Crippen molar-refractivity contribution in [3.05, 3.63) is 36.2 Å². The van der Waals surface area contributed by atoms with Crippen LogP contribution in [0.25, 0.3) is 5.70 Å². The largest absolute Gasteiger partial charge is 0.307 e. The second-order valence-corrected chi connectivity index (χ2v) is 3.66. The zero-order valence-electron chi connectivity index (χ0n) is 7.68. The van der Waals surface area contributed by atoms with Gasteiger partial charge in [-0.05, 0) is 18.6 Å². The number of aromatic nitrogens is 1. The van der Waals surface area contributed by atoms with E-state index in [0.29, 0.717) is 12.5 Å². The molecule has 1 amide bonds. The lowest BCUT2D eigenvalue weighted by molar-refractivity contribution is -0.139. The first-order valence-electron chi connectivity index (χ1n) is 4.80. The molecular weight excluding hydrogens is 176 g/mol. The highest BCUT2D eigenvalue weighted by Crippen LogP contribution is 2.37. The molecule has 2 aliphatic heterocycles. The van der Waals surface area contributed by atoms with Crippen molar-refractivity contribution in [2.45, 2.75) is 18.9 Å². The third-order valence-corrected chi connectivity index (χ3v) is 2.81. The summed E-state index contributed by atoms with van der Waals surface area (Å²) in [5.74, 6) is 0.226. The van der Waals surface area contributed by atoms with Gasteiger partial charge in [0.05, 0.1) is 11.4 Å². The Balaban J connectivity index is 1.97. The highest BCUT2D eigenvalue weighted by molar-refractivity contribution is 5.94. The summed E-state index contributed by atoms with van der Waals surface area (Å²) in [4.78, 5) is 17.5. The van der Waals surface area contributed by atoms with Crippen LogP contribution in [0.5, 0.6) is 0 Å². The quantitative estimate of drug-likeness (QED) is 0.621. The van der Waals surface area contributed by atoms with Crippen molar-refractivity contribution in [3.63, 3.8) is 0 Å². The van der Waals surface area contributed by atoms with Crippen LogP contribution in [0.4, 0.5) is 0 Å². The standard InChI is InChI=1S/C11H10N2O/c14-11-7-8-4-5-10(13(8)11)9-3-1-2-6-12-9/h1-3,5-6,8H,4,7H2/t8-/m1/s1. The Bertz CT molecular complexity index is 411. The van der Waals surface area contributed by atoms with Crippen molar-refractivity contribution >= 4 is 11.6 Å². The van der Waals surface area contributed by atoms with E-state index in [1.165, 1.54) is 0 Å². The summed E-state index contributed by atoms with van der Waals surface area (Å²) in [7, 11) is 0. The minimum Gasteiger partial charge on any atom is -0.307 e. The van der Waals surface area contributed by atoms with Crippen molar-refractivity contribution in [2.75, 3.05) is 0 Å². The Morgan fingerprint density at radius 2 is 2.36 bits per heavy atom. The molecule has 1 atom stereocenters. The Hall–Kier alpha value is -1.64. The molecule has 0 aliphatic carbocycles. The molecule has 0 N–H and O–H groups in total. The van der Waals surface area contributed by atoms with Gasteiger partial charge in [-0.15, -0.1) is 0 Å². The predicted octanol–water partition coefficient (Wildman–Crippen LogP) is 1.43. The third kappa shape index (κ3) is 0.923. The van der Waals surface area contributed by atoms with E-state index in [1.54, 1.807) is 6.20 Å². The molecule has 0 unspecified atom stereocenters. The van der Waals surface area contributed by atoms with Gasteiger partial charge in [0.15, 0.2) is 0 Å². The summed E-state index contributed by atoms with van der Waals surface area (Å²) in [6.45, 7) is 0. The molecule has 70 valence electrons. The second-order valence-electron chi connectivity index (χ2n) is 3.66. The van der Waals surface area contributed by atoms with Crippen molar-refractivity contribution in [2.24, 2.45) is 0 Å². The van der Waals surface area contributed by atoms with Gasteiger partial charge in [0, 0.05) is 18.7 Å². The zero-order chi connectivity index (χ0) is 9.54. The van der Waals surface area contributed by atoms with Gasteiger partial charge in [0.2, 0.25) is 5.91 Å². The molecular formula is C11H10N2O. The van der Waals surface area contributed by atoms with Crippen molar-refractivity contribution in [1.82, 2.24) is 9.88 Å². The molecule has 0 bridgehead atoms. The van der Waals surface area contributed by atoms with Crippen LogP contribution < -0.4 is 0 Å². The SMILES string of the molecule is O=C1C[C@H]2CC=C(c3ccccn3)N12. The Kier molecular flexibility index (Phi) is 1.48. The van der Waals surface area contributed by atoms with E-state index in [2.05, 4.69) is 11.1 Å². The van der Waals surface area contributed by atoms with Gasteiger partial charge in [0.1, 0.15) is 0 Å². The number of carbonyl (C=O) groups is 1. The Labute approximate surface area is 82.1 Å². The van der Waals surface area contributed by atoms with Crippen LogP contribution in [0.1, 0.15) is 18.5 Å². The molecule has 3 heterocycles. The van der Waals surface area contributed by atoms with E-state index in [9.17, 15) is 4.79 Å². The summed E-state index contributed by atoms with van der Waals surface area (Å²) in [6.07, 6.45) is 5.55. The fourth-order valence-electron chi connectivity index (χ4n) is 2.09. The minimum absolute atomic E-state index is 0.226. The lowest BCUT2D eigenvalue weighted by atomic mass is 10.0. The normalized spacial score (nSPS) is 24.3. The van der Waals surface area contributed by atoms with E-state index in [0.717, 1.165) is 17.8 Å². The number of nitrogens with zero attached hydrogens (tertiary/aromatic N) is 2. The Morgan fingerprint density at radius 1 is 1.43 bits per heavy atom. The molecule has 1 aromatic heterocycles. The number of amides is 1. The van der Waals surface area contributed by atoms with Gasteiger partial charge in [-0.3, -0.25) is 9.78 Å². The summed E-state index contributed by atoms with van der Waals surface area (Å²) in [5, 5.41) is 0. The maximum Gasteiger partial charge on any atom is 0.229 e. The van der Waals surface area contributed by atoms with Crippen LogP contribution in [0, 0.1) is 0 Å². The molecule has 2 aliphatic rings. The van der Waals surface area contributed by atoms with Gasteiger partial charge in [-0.25, -0.2) is 0 Å². The molecule has 1 fully saturated rings. The van der Waals surface area contributed by atoms with Crippen LogP contribution in [0.15, 0.2) is 30.5 Å². The number of hydrogen-bond donors (Lipinski definition) is 0. The lowest BCUT2D eigenvalue weighted by Gasteiger charge is -2.36. The highest BCUT2D eigenvalue weighted by atomic mass is 16.2. The maximum atomic E-state index is 11.4. The Morgan fingerprint density at radius 3 is 3.07 bits per heavy atom. The van der Waals surface area contributed by atoms with Crippen LogP contribution in [0.2, 0.25) is 0 Å². The number of fused-ring (bicyclic) bond motifs is 1. The van der Waals surface area contributed by atoms with Gasteiger partial charge in [-0.2, -0.15) is 0 Å². The molecule has 0 saturated carbocycles. The van der Waals surface area contributed by atoms with E-state index in [-0.39, 0.29) is 5.91 Å². The molecule has 0 spiro atoms. The first-order valence-corrected chi connectivity index (χ1v) is 4.80. The molecule has 0 aromatic carbocycles. The van der Waals surface area contributed by atoms with Gasteiger partial charge >= 0.3 is 0 Å². The molecule has 3 nitrogen and oxygen atoms in total. The van der Waals surface area contributed by atoms with Crippen LogP contribution in [0.3, 0.4) is 0 Å². The summed E-state index contributed by atoms with van der Waals surface area (Å²) in [5.41, 5.74) is 1.90. The number of β-lactam (4-membered cyclic amide) rings is 1. The third-order valence-electron chi connectivity index (χ3n) is 2.81. The topological polar surface area (TPSA) is 33.2 Å². The van der Waals surface area contributed by atoms with Gasteiger partial charge < -0.3 is 4.90 Å². The summed E-state index contributed by atoms with van der Waals surface area (Å²) >= 11 is 0. The first-order chi connectivity index (χ1) is 6.86. The molecule has 3 heteroatoms. The minimum atomic E-state index is 0.226. The van der Waals surface area contributed by atoms with Crippen LogP contribution >= 0.6 is 0 Å². The average molecular weight is 186 g/mol. The molecule has 0 radical (unpaired) electrons. The van der Waals surface area contributed by atoms with E-state index in [4.69, 9.17) is 0 Å². The first kappa shape index (κ1) is 7.74. The molecule has 1 saturated heterocycles. The van der Waals surface area contributed by atoms with Crippen molar-refractivity contribution < 1.29 is 4.79 Å². The maximum absolute atomic E-state index is 11.4. The predicted molar refractivity (Wildman–Crippen MR) is 52.1 cm³/mol. The van der Waals surface area contributed by atoms with Crippen molar-refractivity contribution in [1.29, 1.82) is 0 Å². The number of pyridine rings is 1. The lowest BCUT2D eigenvalue weighted by Crippen LogP contribution is -2.47. The molecule has 1 aromatic rings. The summed E-state index contributed by atoms with van der Waals surface area (Å²) in [6, 6.07) is 6.19. The smallest absolute Gasteiger partial charge is 0.229 e. The van der Waals surface area contributed by atoms with E-state index in [1.807, 2.05) is 23.1 Å². The molecule has 3 rings (SSSR count).